The summed E-state index contributed by atoms with van der Waals surface area (Å²) in [6.45, 7) is 4.42. The molecule has 0 radical (unpaired) electrons. The van der Waals surface area contributed by atoms with Crippen LogP contribution in [0.15, 0.2) is 60.7 Å². The standard InChI is InChI=1S/C24H29NO4/c1-20(26)29-24(18-21-10-4-2-5-11-21,19-22-12-6-3-7-13-22)23(27)28-17-16-25-14-8-9-15-25/h2-7,10-13H,8-9,14-19H2,1H3. The summed E-state index contributed by atoms with van der Waals surface area (Å²) >= 11 is 0. The lowest BCUT2D eigenvalue weighted by Crippen LogP contribution is -2.48. The Morgan fingerprint density at radius 2 is 1.41 bits per heavy atom. The zero-order chi connectivity index (χ0) is 20.5. The van der Waals surface area contributed by atoms with Gasteiger partial charge in [-0.15, -0.1) is 0 Å². The summed E-state index contributed by atoms with van der Waals surface area (Å²) < 4.78 is 11.4. The highest BCUT2D eigenvalue weighted by atomic mass is 16.6. The molecule has 0 unspecified atom stereocenters. The molecule has 1 saturated heterocycles. The highest BCUT2D eigenvalue weighted by Crippen LogP contribution is 2.26. The Hall–Kier alpha value is -2.66. The Morgan fingerprint density at radius 3 is 1.90 bits per heavy atom. The Bertz CT molecular complexity index is 744. The molecule has 154 valence electrons. The molecule has 0 amide bonds. The lowest BCUT2D eigenvalue weighted by molar-refractivity contribution is -0.182. The minimum absolute atomic E-state index is 0.269. The number of esters is 2. The van der Waals surface area contributed by atoms with Gasteiger partial charge in [0.2, 0.25) is 5.60 Å². The summed E-state index contributed by atoms with van der Waals surface area (Å²) in [5, 5.41) is 0. The van der Waals surface area contributed by atoms with Crippen LogP contribution in [0.3, 0.4) is 0 Å². The fraction of sp³-hybridized carbons (Fsp3) is 0.417. The van der Waals surface area contributed by atoms with Crippen molar-refractivity contribution in [3.63, 3.8) is 0 Å². The van der Waals surface area contributed by atoms with Crippen LogP contribution < -0.4 is 0 Å². The molecule has 0 N–H and O–H groups in total. The minimum atomic E-state index is -1.39. The monoisotopic (exact) mass is 395 g/mol. The van der Waals surface area contributed by atoms with E-state index in [1.54, 1.807) is 0 Å². The maximum Gasteiger partial charge on any atom is 0.351 e. The van der Waals surface area contributed by atoms with Crippen LogP contribution in [0.5, 0.6) is 0 Å². The molecule has 1 heterocycles. The molecule has 5 nitrogen and oxygen atoms in total. The van der Waals surface area contributed by atoms with Gasteiger partial charge in [0.25, 0.3) is 0 Å². The number of carbonyl (C=O) groups excluding carboxylic acids is 2. The predicted octanol–water partition coefficient (Wildman–Crippen LogP) is 3.41. The third-order valence-corrected chi connectivity index (χ3v) is 5.22. The van der Waals surface area contributed by atoms with E-state index in [0.717, 1.165) is 24.2 Å². The zero-order valence-electron chi connectivity index (χ0n) is 17.0. The molecule has 29 heavy (non-hydrogen) atoms. The topological polar surface area (TPSA) is 55.8 Å². The number of rotatable bonds is 9. The number of likely N-dealkylation sites (tertiary alicyclic amines) is 1. The number of benzene rings is 2. The van der Waals surface area contributed by atoms with E-state index in [4.69, 9.17) is 9.47 Å². The van der Waals surface area contributed by atoms with Gasteiger partial charge >= 0.3 is 11.9 Å². The van der Waals surface area contributed by atoms with E-state index in [1.807, 2.05) is 60.7 Å². The van der Waals surface area contributed by atoms with Crippen LogP contribution >= 0.6 is 0 Å². The van der Waals surface area contributed by atoms with Gasteiger partial charge in [-0.25, -0.2) is 4.79 Å². The van der Waals surface area contributed by atoms with E-state index in [9.17, 15) is 9.59 Å². The van der Waals surface area contributed by atoms with Crippen molar-refractivity contribution in [1.29, 1.82) is 0 Å². The number of hydrogen-bond acceptors (Lipinski definition) is 5. The molecular weight excluding hydrogens is 366 g/mol. The molecule has 0 aromatic heterocycles. The molecule has 1 aliphatic rings. The number of hydrogen-bond donors (Lipinski definition) is 0. The Labute approximate surface area is 172 Å². The van der Waals surface area contributed by atoms with Crippen LogP contribution in [0, 0.1) is 0 Å². The van der Waals surface area contributed by atoms with Gasteiger partial charge in [0.1, 0.15) is 6.61 Å². The normalized spacial score (nSPS) is 14.5. The summed E-state index contributed by atoms with van der Waals surface area (Å²) in [5.41, 5.74) is 0.446. The highest BCUT2D eigenvalue weighted by molar-refractivity contribution is 5.84. The van der Waals surface area contributed by atoms with Crippen molar-refractivity contribution in [2.45, 2.75) is 38.2 Å². The smallest absolute Gasteiger partial charge is 0.351 e. The molecule has 2 aromatic rings. The van der Waals surface area contributed by atoms with Gasteiger partial charge in [0.15, 0.2) is 0 Å². The quantitative estimate of drug-likeness (QED) is 0.609. The zero-order valence-corrected chi connectivity index (χ0v) is 17.0. The van der Waals surface area contributed by atoms with Crippen molar-refractivity contribution in [3.8, 4) is 0 Å². The molecule has 0 saturated carbocycles. The van der Waals surface area contributed by atoms with Gasteiger partial charge in [-0.3, -0.25) is 9.69 Å². The average Bonchev–Trinajstić information content (AvgIpc) is 3.22. The van der Waals surface area contributed by atoms with Gasteiger partial charge in [-0.1, -0.05) is 60.7 Å². The molecular formula is C24H29NO4. The largest absolute Gasteiger partial charge is 0.461 e. The van der Waals surface area contributed by atoms with E-state index in [0.29, 0.717) is 13.2 Å². The Balaban J connectivity index is 1.81. The SMILES string of the molecule is CC(=O)OC(Cc1ccccc1)(Cc1ccccc1)C(=O)OCCN1CCCC1. The maximum atomic E-state index is 13.3. The first-order valence-electron chi connectivity index (χ1n) is 10.2. The lowest BCUT2D eigenvalue weighted by Gasteiger charge is -2.31. The van der Waals surface area contributed by atoms with Crippen LogP contribution in [-0.4, -0.2) is 48.7 Å². The summed E-state index contributed by atoms with van der Waals surface area (Å²) in [7, 11) is 0. The van der Waals surface area contributed by atoms with E-state index in [-0.39, 0.29) is 12.8 Å². The minimum Gasteiger partial charge on any atom is -0.461 e. The highest BCUT2D eigenvalue weighted by Gasteiger charge is 2.44. The van der Waals surface area contributed by atoms with Crippen LogP contribution in [0.2, 0.25) is 0 Å². The summed E-state index contributed by atoms with van der Waals surface area (Å²) in [5.74, 6) is -0.979. The summed E-state index contributed by atoms with van der Waals surface area (Å²) in [4.78, 5) is 27.5. The van der Waals surface area contributed by atoms with Crippen molar-refractivity contribution < 1.29 is 19.1 Å². The molecule has 0 bridgehead atoms. The molecule has 2 aromatic carbocycles. The predicted molar refractivity (Wildman–Crippen MR) is 111 cm³/mol. The van der Waals surface area contributed by atoms with Gasteiger partial charge < -0.3 is 9.47 Å². The molecule has 0 aliphatic carbocycles. The Kier molecular flexibility index (Phi) is 7.42. The summed E-state index contributed by atoms with van der Waals surface area (Å²) in [6, 6.07) is 19.2. The van der Waals surface area contributed by atoms with Crippen molar-refractivity contribution in [2.24, 2.45) is 0 Å². The first kappa shape index (κ1) is 21.1. The second kappa shape index (κ2) is 10.2. The van der Waals surface area contributed by atoms with E-state index in [1.165, 1.54) is 19.8 Å². The average molecular weight is 395 g/mol. The van der Waals surface area contributed by atoms with Gasteiger partial charge in [0, 0.05) is 26.3 Å². The van der Waals surface area contributed by atoms with Crippen LogP contribution in [-0.2, 0) is 31.9 Å². The van der Waals surface area contributed by atoms with Gasteiger partial charge in [0.05, 0.1) is 0 Å². The first-order chi connectivity index (χ1) is 14.1. The Morgan fingerprint density at radius 1 is 0.897 bits per heavy atom. The fourth-order valence-corrected chi connectivity index (χ4v) is 3.85. The number of nitrogens with zero attached hydrogens (tertiary/aromatic N) is 1. The van der Waals surface area contributed by atoms with E-state index < -0.39 is 17.5 Å². The van der Waals surface area contributed by atoms with Crippen molar-refractivity contribution in [3.05, 3.63) is 71.8 Å². The molecule has 0 atom stereocenters. The lowest BCUT2D eigenvalue weighted by atomic mass is 9.87. The summed E-state index contributed by atoms with van der Waals surface area (Å²) in [6.07, 6.45) is 2.91. The van der Waals surface area contributed by atoms with Crippen molar-refractivity contribution in [1.82, 2.24) is 4.90 Å². The third kappa shape index (κ3) is 6.16. The molecule has 1 fully saturated rings. The van der Waals surface area contributed by atoms with Crippen molar-refractivity contribution >= 4 is 11.9 Å². The van der Waals surface area contributed by atoms with E-state index in [2.05, 4.69) is 4.90 Å². The van der Waals surface area contributed by atoms with Gasteiger partial charge in [-0.2, -0.15) is 0 Å². The number of carbonyl (C=O) groups is 2. The molecule has 5 heteroatoms. The third-order valence-electron chi connectivity index (χ3n) is 5.22. The second-order valence-electron chi connectivity index (χ2n) is 7.60. The first-order valence-corrected chi connectivity index (χ1v) is 10.2. The van der Waals surface area contributed by atoms with Crippen molar-refractivity contribution in [2.75, 3.05) is 26.2 Å². The van der Waals surface area contributed by atoms with Crippen LogP contribution in [0.25, 0.3) is 0 Å². The fourth-order valence-electron chi connectivity index (χ4n) is 3.85. The van der Waals surface area contributed by atoms with Crippen LogP contribution in [0.4, 0.5) is 0 Å². The second-order valence-corrected chi connectivity index (χ2v) is 7.60. The maximum absolute atomic E-state index is 13.3. The molecule has 3 rings (SSSR count). The van der Waals surface area contributed by atoms with E-state index >= 15 is 0 Å². The van der Waals surface area contributed by atoms with Gasteiger partial charge in [-0.05, 0) is 37.1 Å². The van der Waals surface area contributed by atoms with Crippen LogP contribution in [0.1, 0.15) is 30.9 Å². The number of ether oxygens (including phenoxy) is 2. The molecule has 0 spiro atoms. The molecule has 1 aliphatic heterocycles.